The highest BCUT2D eigenvalue weighted by Crippen LogP contribution is 2.25. The zero-order valence-corrected chi connectivity index (χ0v) is 15.1. The molecule has 1 atom stereocenters. The first-order valence-electron chi connectivity index (χ1n) is 8.89. The van der Waals surface area contributed by atoms with Gasteiger partial charge in [-0.15, -0.1) is 0 Å². The van der Waals surface area contributed by atoms with Crippen molar-refractivity contribution in [3.8, 4) is 11.3 Å². The molecule has 0 radical (unpaired) electrons. The second-order valence-electron chi connectivity index (χ2n) is 6.93. The minimum absolute atomic E-state index is 0.610. The quantitative estimate of drug-likeness (QED) is 0.699. The molecule has 0 spiro atoms. The molecule has 4 rings (SSSR count). The lowest BCUT2D eigenvalue weighted by Gasteiger charge is -2.15. The van der Waals surface area contributed by atoms with E-state index in [1.807, 2.05) is 38.6 Å². The molecule has 0 amide bonds. The third-order valence-corrected chi connectivity index (χ3v) is 4.88. The summed E-state index contributed by atoms with van der Waals surface area (Å²) in [5.74, 6) is 1.39. The summed E-state index contributed by atoms with van der Waals surface area (Å²) < 4.78 is 5.22. The largest absolute Gasteiger partial charge is 0.361 e. The zero-order chi connectivity index (χ0) is 17.9. The molecule has 0 bridgehead atoms. The molecule has 3 aromatic rings. The van der Waals surface area contributed by atoms with E-state index in [1.165, 1.54) is 6.42 Å². The minimum atomic E-state index is 0.610. The van der Waals surface area contributed by atoms with Crippen LogP contribution in [0.25, 0.3) is 11.3 Å². The van der Waals surface area contributed by atoms with Crippen LogP contribution in [0.15, 0.2) is 35.6 Å². The number of likely N-dealkylation sites (tertiary alicyclic amines) is 1. The first-order chi connectivity index (χ1) is 12.7. The predicted molar refractivity (Wildman–Crippen MR) is 96.1 cm³/mol. The monoisotopic (exact) mass is 350 g/mol. The van der Waals surface area contributed by atoms with Crippen molar-refractivity contribution in [2.75, 3.05) is 13.1 Å². The summed E-state index contributed by atoms with van der Waals surface area (Å²) in [5, 5.41) is 3.98. The van der Waals surface area contributed by atoms with Crippen LogP contribution in [0.3, 0.4) is 0 Å². The van der Waals surface area contributed by atoms with Crippen LogP contribution >= 0.6 is 0 Å². The second kappa shape index (κ2) is 7.29. The summed E-state index contributed by atoms with van der Waals surface area (Å²) in [6.45, 7) is 6.91. The maximum atomic E-state index is 5.22. The fraction of sp³-hybridized carbons (Fsp3) is 0.421. The maximum Gasteiger partial charge on any atom is 0.143 e. The Kier molecular flexibility index (Phi) is 4.71. The SMILES string of the molecule is Cc1noc(C)c1-c1cnc(C[C@H]2CCN(Cc3cncnc3)C2)cn1. The smallest absolute Gasteiger partial charge is 0.143 e. The van der Waals surface area contributed by atoms with Crippen LogP contribution in [0.2, 0.25) is 0 Å². The van der Waals surface area contributed by atoms with Crippen LogP contribution < -0.4 is 0 Å². The third-order valence-electron chi connectivity index (χ3n) is 4.88. The Morgan fingerprint density at radius 1 is 1.12 bits per heavy atom. The van der Waals surface area contributed by atoms with E-state index in [0.29, 0.717) is 5.92 Å². The van der Waals surface area contributed by atoms with Gasteiger partial charge in [0.1, 0.15) is 12.1 Å². The number of hydrogen-bond acceptors (Lipinski definition) is 7. The molecular formula is C19H22N6O. The van der Waals surface area contributed by atoms with E-state index in [9.17, 15) is 0 Å². The fourth-order valence-corrected chi connectivity index (χ4v) is 3.63. The molecule has 0 aliphatic carbocycles. The van der Waals surface area contributed by atoms with Crippen LogP contribution in [0.5, 0.6) is 0 Å². The predicted octanol–water partition coefficient (Wildman–Crippen LogP) is 2.60. The van der Waals surface area contributed by atoms with Gasteiger partial charge in [0.2, 0.25) is 0 Å². The number of hydrogen-bond donors (Lipinski definition) is 0. The molecule has 4 heterocycles. The lowest BCUT2D eigenvalue weighted by Crippen LogP contribution is -2.21. The van der Waals surface area contributed by atoms with E-state index in [4.69, 9.17) is 4.52 Å². The average molecular weight is 350 g/mol. The van der Waals surface area contributed by atoms with Gasteiger partial charge in [-0.2, -0.15) is 0 Å². The molecule has 0 N–H and O–H groups in total. The van der Waals surface area contributed by atoms with Crippen LogP contribution in [0.1, 0.15) is 29.1 Å². The minimum Gasteiger partial charge on any atom is -0.361 e. The lowest BCUT2D eigenvalue weighted by atomic mass is 10.0. The second-order valence-corrected chi connectivity index (χ2v) is 6.93. The van der Waals surface area contributed by atoms with Crippen molar-refractivity contribution >= 4 is 0 Å². The standard InChI is InChI=1S/C19H22N6O/c1-13-19(14(2)26-24-13)18-9-22-17(8-23-18)5-15-3-4-25(10-15)11-16-6-20-12-21-7-16/h6-9,12,15H,3-5,10-11H2,1-2H3/t15-/m1/s1. The number of aromatic nitrogens is 5. The molecule has 0 unspecified atom stereocenters. The Bertz CT molecular complexity index is 842. The van der Waals surface area contributed by atoms with Crippen molar-refractivity contribution in [2.24, 2.45) is 5.92 Å². The van der Waals surface area contributed by atoms with E-state index >= 15 is 0 Å². The lowest BCUT2D eigenvalue weighted by molar-refractivity contribution is 0.315. The molecule has 26 heavy (non-hydrogen) atoms. The molecule has 1 fully saturated rings. The van der Waals surface area contributed by atoms with Crippen molar-refractivity contribution in [3.05, 3.63) is 53.8 Å². The van der Waals surface area contributed by atoms with Gasteiger partial charge in [-0.25, -0.2) is 9.97 Å². The van der Waals surface area contributed by atoms with Gasteiger partial charge in [0.25, 0.3) is 0 Å². The summed E-state index contributed by atoms with van der Waals surface area (Å²) in [4.78, 5) is 19.8. The van der Waals surface area contributed by atoms with E-state index in [1.54, 1.807) is 6.33 Å². The van der Waals surface area contributed by atoms with Gasteiger partial charge < -0.3 is 4.52 Å². The fourth-order valence-electron chi connectivity index (χ4n) is 3.63. The molecule has 3 aromatic heterocycles. The van der Waals surface area contributed by atoms with E-state index in [2.05, 4.69) is 30.0 Å². The van der Waals surface area contributed by atoms with Gasteiger partial charge in [0.05, 0.1) is 28.8 Å². The van der Waals surface area contributed by atoms with Gasteiger partial charge in [0.15, 0.2) is 0 Å². The average Bonchev–Trinajstić information content (AvgIpc) is 3.23. The molecule has 134 valence electrons. The van der Waals surface area contributed by atoms with Crippen LogP contribution in [-0.4, -0.2) is 43.1 Å². The number of rotatable bonds is 5. The Labute approximate surface area is 152 Å². The Morgan fingerprint density at radius 2 is 1.96 bits per heavy atom. The first-order valence-corrected chi connectivity index (χ1v) is 8.89. The molecule has 1 aliphatic heterocycles. The number of nitrogens with zero attached hydrogens (tertiary/aromatic N) is 6. The summed E-state index contributed by atoms with van der Waals surface area (Å²) in [6.07, 6.45) is 11.2. The van der Waals surface area contributed by atoms with Crippen molar-refractivity contribution < 1.29 is 4.52 Å². The van der Waals surface area contributed by atoms with Gasteiger partial charge in [-0.3, -0.25) is 14.9 Å². The van der Waals surface area contributed by atoms with Crippen molar-refractivity contribution in [1.29, 1.82) is 0 Å². The third kappa shape index (κ3) is 3.62. The van der Waals surface area contributed by atoms with E-state index in [-0.39, 0.29) is 0 Å². The van der Waals surface area contributed by atoms with Gasteiger partial charge in [-0.05, 0) is 39.2 Å². The molecule has 7 nitrogen and oxygen atoms in total. The van der Waals surface area contributed by atoms with Crippen LogP contribution in [0.4, 0.5) is 0 Å². The van der Waals surface area contributed by atoms with Crippen molar-refractivity contribution in [3.63, 3.8) is 0 Å². The highest BCUT2D eigenvalue weighted by molar-refractivity contribution is 5.62. The molecule has 1 saturated heterocycles. The van der Waals surface area contributed by atoms with Crippen LogP contribution in [0, 0.1) is 19.8 Å². The number of aryl methyl sites for hydroxylation is 2. The van der Waals surface area contributed by atoms with Crippen LogP contribution in [-0.2, 0) is 13.0 Å². The molecule has 0 saturated carbocycles. The Morgan fingerprint density at radius 3 is 2.65 bits per heavy atom. The van der Waals surface area contributed by atoms with E-state index < -0.39 is 0 Å². The molecule has 1 aliphatic rings. The molecule has 0 aromatic carbocycles. The van der Waals surface area contributed by atoms with Gasteiger partial charge in [0, 0.05) is 37.2 Å². The summed E-state index contributed by atoms with van der Waals surface area (Å²) in [5.41, 5.74) is 4.82. The summed E-state index contributed by atoms with van der Waals surface area (Å²) in [6, 6.07) is 0. The van der Waals surface area contributed by atoms with E-state index in [0.717, 1.165) is 60.0 Å². The Balaban J connectivity index is 1.36. The summed E-state index contributed by atoms with van der Waals surface area (Å²) in [7, 11) is 0. The first kappa shape index (κ1) is 16.8. The van der Waals surface area contributed by atoms with Crippen molar-refractivity contribution in [2.45, 2.75) is 33.2 Å². The van der Waals surface area contributed by atoms with Gasteiger partial charge >= 0.3 is 0 Å². The highest BCUT2D eigenvalue weighted by Gasteiger charge is 2.23. The molecule has 7 heteroatoms. The highest BCUT2D eigenvalue weighted by atomic mass is 16.5. The van der Waals surface area contributed by atoms with Gasteiger partial charge in [-0.1, -0.05) is 5.16 Å². The normalized spacial score (nSPS) is 17.7. The summed E-state index contributed by atoms with van der Waals surface area (Å²) >= 11 is 0. The van der Waals surface area contributed by atoms with Crippen molar-refractivity contribution in [1.82, 2.24) is 30.0 Å². The maximum absolute atomic E-state index is 5.22. The Hall–Kier alpha value is -2.67. The molecular weight excluding hydrogens is 328 g/mol. The zero-order valence-electron chi connectivity index (χ0n) is 15.1. The topological polar surface area (TPSA) is 80.8 Å².